The van der Waals surface area contributed by atoms with Gasteiger partial charge in [-0.05, 0) is 24.6 Å². The monoisotopic (exact) mass is 370 g/mol. The van der Waals surface area contributed by atoms with Gasteiger partial charge in [0.15, 0.2) is 9.84 Å². The van der Waals surface area contributed by atoms with Gasteiger partial charge in [-0.3, -0.25) is 4.79 Å². The second kappa shape index (κ2) is 8.25. The number of nitrogens with zero attached hydrogens (tertiary/aromatic N) is 3. The summed E-state index contributed by atoms with van der Waals surface area (Å²) in [5, 5.41) is 7.01. The third-order valence-corrected chi connectivity index (χ3v) is 5.16. The first-order valence-corrected chi connectivity index (χ1v) is 9.76. The Morgan fingerprint density at radius 2 is 2.12 bits per heavy atom. The summed E-state index contributed by atoms with van der Waals surface area (Å²) >= 11 is 5.96. The van der Waals surface area contributed by atoms with Crippen LogP contribution in [0, 0.1) is 0 Å². The Labute approximate surface area is 146 Å². The molecule has 0 fully saturated rings. The predicted molar refractivity (Wildman–Crippen MR) is 93.2 cm³/mol. The molecule has 0 aliphatic heterocycles. The highest BCUT2D eigenvalue weighted by atomic mass is 35.5. The van der Waals surface area contributed by atoms with Gasteiger partial charge in [0, 0.05) is 5.02 Å². The average molecular weight is 371 g/mol. The molecule has 1 aromatic heterocycles. The van der Waals surface area contributed by atoms with E-state index >= 15 is 0 Å². The van der Waals surface area contributed by atoms with E-state index in [4.69, 9.17) is 11.6 Å². The van der Waals surface area contributed by atoms with Gasteiger partial charge in [0.1, 0.15) is 18.4 Å². The minimum absolute atomic E-state index is 0.0136. The first-order chi connectivity index (χ1) is 11.4. The smallest absolute Gasteiger partial charge is 0.239 e. The summed E-state index contributed by atoms with van der Waals surface area (Å²) in [6.45, 7) is 1.99. The van der Waals surface area contributed by atoms with Crippen molar-refractivity contribution in [3.05, 3.63) is 35.9 Å². The first kappa shape index (κ1) is 18.4. The van der Waals surface area contributed by atoms with Crippen LogP contribution in [-0.2, 0) is 14.6 Å². The fourth-order valence-electron chi connectivity index (χ4n) is 2.17. The summed E-state index contributed by atoms with van der Waals surface area (Å²) in [7, 11) is -3.43. The van der Waals surface area contributed by atoms with Gasteiger partial charge in [0.2, 0.25) is 5.91 Å². The zero-order chi connectivity index (χ0) is 17.6. The predicted octanol–water partition coefficient (Wildman–Crippen LogP) is 2.46. The van der Waals surface area contributed by atoms with Crippen LogP contribution in [0.25, 0.3) is 5.69 Å². The summed E-state index contributed by atoms with van der Waals surface area (Å²) in [5.41, 5.74) is 0.926. The highest BCUT2D eigenvalue weighted by Crippen LogP contribution is 2.24. The molecular formula is C15H19ClN4O3S. The Morgan fingerprint density at radius 1 is 1.33 bits per heavy atom. The van der Waals surface area contributed by atoms with Crippen molar-refractivity contribution in [1.82, 2.24) is 14.8 Å². The van der Waals surface area contributed by atoms with E-state index in [1.165, 1.54) is 17.3 Å². The van der Waals surface area contributed by atoms with Gasteiger partial charge in [-0.15, -0.1) is 0 Å². The molecule has 0 saturated carbocycles. The molecule has 1 N–H and O–H groups in total. The molecule has 1 aromatic carbocycles. The van der Waals surface area contributed by atoms with Crippen LogP contribution in [0.15, 0.2) is 30.9 Å². The first-order valence-electron chi connectivity index (χ1n) is 7.56. The molecule has 0 aliphatic carbocycles. The number of rotatable bonds is 8. The molecule has 24 heavy (non-hydrogen) atoms. The maximum Gasteiger partial charge on any atom is 0.239 e. The van der Waals surface area contributed by atoms with Crippen LogP contribution in [0.1, 0.15) is 26.2 Å². The van der Waals surface area contributed by atoms with Crippen LogP contribution in [0.5, 0.6) is 0 Å². The number of sulfone groups is 1. The molecule has 1 amide bonds. The molecule has 0 radical (unpaired) electrons. The third-order valence-electron chi connectivity index (χ3n) is 3.31. The molecule has 9 heteroatoms. The average Bonchev–Trinajstić information content (AvgIpc) is 3.00. The third kappa shape index (κ3) is 5.31. The summed E-state index contributed by atoms with van der Waals surface area (Å²) in [6, 6.07) is 4.86. The van der Waals surface area contributed by atoms with Crippen LogP contribution >= 0.6 is 11.6 Å². The Kier molecular flexibility index (Phi) is 6.33. The van der Waals surface area contributed by atoms with Crippen molar-refractivity contribution in [2.24, 2.45) is 0 Å². The number of nitrogens with one attached hydrogen (secondary N) is 1. The van der Waals surface area contributed by atoms with Crippen molar-refractivity contribution in [1.29, 1.82) is 0 Å². The Hall–Kier alpha value is -1.93. The molecule has 0 unspecified atom stereocenters. The normalized spacial score (nSPS) is 11.4. The lowest BCUT2D eigenvalue weighted by Gasteiger charge is -2.11. The fourth-order valence-corrected chi connectivity index (χ4v) is 3.60. The van der Waals surface area contributed by atoms with Gasteiger partial charge in [-0.25, -0.2) is 18.1 Å². The van der Waals surface area contributed by atoms with Gasteiger partial charge in [0.05, 0.1) is 17.1 Å². The molecule has 0 bridgehead atoms. The Balaban J connectivity index is 2.10. The van der Waals surface area contributed by atoms with Crippen LogP contribution in [0.4, 0.5) is 5.69 Å². The standard InChI is InChI=1S/C15H19ClN4O3S/c1-2-3-4-7-24(22,23)9-15(21)19-13-8-12(16)5-6-14(13)20-11-17-10-18-20/h5-6,8,10-11H,2-4,7,9H2,1H3,(H,19,21). The minimum atomic E-state index is -3.43. The van der Waals surface area contributed by atoms with E-state index in [2.05, 4.69) is 15.4 Å². The molecule has 1 heterocycles. The number of amides is 1. The minimum Gasteiger partial charge on any atom is -0.323 e. The van der Waals surface area contributed by atoms with E-state index in [0.717, 1.165) is 12.8 Å². The SMILES string of the molecule is CCCCCS(=O)(=O)CC(=O)Nc1cc(Cl)ccc1-n1cncn1. The Morgan fingerprint density at radius 3 is 2.79 bits per heavy atom. The zero-order valence-corrected chi connectivity index (χ0v) is 14.8. The molecule has 0 aliphatic rings. The van der Waals surface area contributed by atoms with Crippen molar-refractivity contribution in [2.45, 2.75) is 26.2 Å². The fraction of sp³-hybridized carbons (Fsp3) is 0.400. The number of benzene rings is 1. The quantitative estimate of drug-likeness (QED) is 0.720. The topological polar surface area (TPSA) is 94.0 Å². The maximum atomic E-state index is 12.1. The Bertz CT molecular complexity index is 791. The summed E-state index contributed by atoms with van der Waals surface area (Å²) < 4.78 is 25.4. The van der Waals surface area contributed by atoms with E-state index in [1.807, 2.05) is 6.92 Å². The van der Waals surface area contributed by atoms with E-state index < -0.39 is 21.5 Å². The van der Waals surface area contributed by atoms with Crippen molar-refractivity contribution < 1.29 is 13.2 Å². The van der Waals surface area contributed by atoms with Crippen molar-refractivity contribution in [3.63, 3.8) is 0 Å². The molecule has 2 rings (SSSR count). The lowest BCUT2D eigenvalue weighted by atomic mass is 10.2. The van der Waals surface area contributed by atoms with E-state index in [-0.39, 0.29) is 5.75 Å². The number of carbonyl (C=O) groups excluding carboxylic acids is 1. The molecule has 0 saturated heterocycles. The number of halogens is 1. The second-order valence-electron chi connectivity index (χ2n) is 5.35. The highest BCUT2D eigenvalue weighted by molar-refractivity contribution is 7.92. The van der Waals surface area contributed by atoms with Crippen LogP contribution in [0.2, 0.25) is 5.02 Å². The molecule has 2 aromatic rings. The molecule has 0 atom stereocenters. The largest absolute Gasteiger partial charge is 0.323 e. The maximum absolute atomic E-state index is 12.1. The summed E-state index contributed by atoms with van der Waals surface area (Å²) in [5.74, 6) is -1.14. The van der Waals surface area contributed by atoms with E-state index in [9.17, 15) is 13.2 Å². The molecule has 0 spiro atoms. The van der Waals surface area contributed by atoms with Gasteiger partial charge in [-0.1, -0.05) is 31.4 Å². The molecule has 130 valence electrons. The lowest BCUT2D eigenvalue weighted by Crippen LogP contribution is -2.25. The van der Waals surface area contributed by atoms with Crippen LogP contribution in [-0.4, -0.2) is 40.6 Å². The number of hydrogen-bond donors (Lipinski definition) is 1. The number of anilines is 1. The van der Waals surface area contributed by atoms with Gasteiger partial charge >= 0.3 is 0 Å². The summed E-state index contributed by atoms with van der Waals surface area (Å²) in [6.07, 6.45) is 5.14. The molecular weight excluding hydrogens is 352 g/mol. The number of hydrogen-bond acceptors (Lipinski definition) is 5. The van der Waals surface area contributed by atoms with Gasteiger partial charge in [0.25, 0.3) is 0 Å². The van der Waals surface area contributed by atoms with Crippen molar-refractivity contribution in [2.75, 3.05) is 16.8 Å². The number of carbonyl (C=O) groups is 1. The molecule has 7 nitrogen and oxygen atoms in total. The number of unbranched alkanes of at least 4 members (excludes halogenated alkanes) is 2. The van der Waals surface area contributed by atoms with E-state index in [0.29, 0.717) is 22.8 Å². The van der Waals surface area contributed by atoms with Crippen molar-refractivity contribution >= 4 is 33.0 Å². The van der Waals surface area contributed by atoms with Crippen molar-refractivity contribution in [3.8, 4) is 5.69 Å². The second-order valence-corrected chi connectivity index (χ2v) is 7.97. The zero-order valence-electron chi connectivity index (χ0n) is 13.3. The number of aromatic nitrogens is 3. The van der Waals surface area contributed by atoms with Gasteiger partial charge in [-0.2, -0.15) is 5.10 Å². The lowest BCUT2D eigenvalue weighted by molar-refractivity contribution is -0.113. The summed E-state index contributed by atoms with van der Waals surface area (Å²) in [4.78, 5) is 16.0. The van der Waals surface area contributed by atoms with Crippen LogP contribution in [0.3, 0.4) is 0 Å². The van der Waals surface area contributed by atoms with E-state index in [1.54, 1.807) is 18.2 Å². The highest BCUT2D eigenvalue weighted by Gasteiger charge is 2.18. The van der Waals surface area contributed by atoms with Crippen LogP contribution < -0.4 is 5.32 Å². The van der Waals surface area contributed by atoms with Gasteiger partial charge < -0.3 is 5.32 Å².